The van der Waals surface area contributed by atoms with Crippen LogP contribution in [0.2, 0.25) is 0 Å². The van der Waals surface area contributed by atoms with Gasteiger partial charge < -0.3 is 5.32 Å². The maximum atomic E-state index is 12.6. The van der Waals surface area contributed by atoms with Crippen molar-refractivity contribution in [2.75, 3.05) is 19.6 Å². The second-order valence-electron chi connectivity index (χ2n) is 5.61. The lowest BCUT2D eigenvalue weighted by molar-refractivity contribution is 0.213. The quantitative estimate of drug-likeness (QED) is 0.908. The molecule has 0 aliphatic carbocycles. The minimum absolute atomic E-state index is 0.430. The molecule has 0 radical (unpaired) electrons. The highest BCUT2D eigenvalue weighted by atomic mass is 32.2. The van der Waals surface area contributed by atoms with Crippen molar-refractivity contribution in [2.45, 2.75) is 37.9 Å². The molecule has 1 aliphatic rings. The summed E-state index contributed by atoms with van der Waals surface area (Å²) in [7, 11) is -3.30. The Hall–Kier alpha value is -0.430. The van der Waals surface area contributed by atoms with Crippen molar-refractivity contribution >= 4 is 21.4 Å². The van der Waals surface area contributed by atoms with Crippen LogP contribution < -0.4 is 5.32 Å². The fourth-order valence-electron chi connectivity index (χ4n) is 2.41. The van der Waals surface area contributed by atoms with E-state index >= 15 is 0 Å². The lowest BCUT2D eigenvalue weighted by Crippen LogP contribution is -2.41. The molecule has 0 saturated carbocycles. The molecule has 2 rings (SSSR count). The summed E-state index contributed by atoms with van der Waals surface area (Å²) in [5.41, 5.74) is 0. The predicted molar refractivity (Wildman–Crippen MR) is 83.4 cm³/mol. The molecule has 114 valence electrons. The second-order valence-corrected chi connectivity index (χ2v) is 8.94. The first kappa shape index (κ1) is 15.9. The zero-order chi connectivity index (χ0) is 14.8. The van der Waals surface area contributed by atoms with Crippen LogP contribution in [0.25, 0.3) is 0 Å². The smallest absolute Gasteiger partial charge is 0.252 e. The van der Waals surface area contributed by atoms with Crippen molar-refractivity contribution in [1.82, 2.24) is 9.62 Å². The summed E-state index contributed by atoms with van der Waals surface area (Å²) in [5.74, 6) is 1.04. The summed E-state index contributed by atoms with van der Waals surface area (Å²) < 4.78 is 27.4. The van der Waals surface area contributed by atoms with Gasteiger partial charge in [-0.3, -0.25) is 0 Å². The average molecular weight is 316 g/mol. The lowest BCUT2D eigenvalue weighted by atomic mass is 9.90. The van der Waals surface area contributed by atoms with Crippen LogP contribution in [0.15, 0.2) is 16.3 Å². The first-order valence-electron chi connectivity index (χ1n) is 7.24. The molecule has 4 nitrogen and oxygen atoms in total. The number of sulfonamides is 1. The monoisotopic (exact) mass is 316 g/mol. The molecule has 1 aromatic rings. The van der Waals surface area contributed by atoms with Gasteiger partial charge in [0.1, 0.15) is 4.21 Å². The molecule has 2 atom stereocenters. The van der Waals surface area contributed by atoms with E-state index in [0.29, 0.717) is 29.1 Å². The zero-order valence-corrected chi connectivity index (χ0v) is 14.1. The normalized spacial score (nSPS) is 24.9. The van der Waals surface area contributed by atoms with Crippen molar-refractivity contribution in [3.63, 3.8) is 0 Å². The molecule has 0 bridgehead atoms. The van der Waals surface area contributed by atoms with Crippen LogP contribution in [-0.4, -0.2) is 32.4 Å². The Kier molecular flexibility index (Phi) is 5.23. The topological polar surface area (TPSA) is 49.4 Å². The van der Waals surface area contributed by atoms with Crippen molar-refractivity contribution < 1.29 is 8.42 Å². The first-order chi connectivity index (χ1) is 9.45. The number of rotatable bonds is 5. The summed E-state index contributed by atoms with van der Waals surface area (Å²) in [4.78, 5) is 1.07. The number of piperidine rings is 1. The van der Waals surface area contributed by atoms with E-state index in [-0.39, 0.29) is 0 Å². The van der Waals surface area contributed by atoms with Crippen LogP contribution in [0.1, 0.15) is 32.1 Å². The summed E-state index contributed by atoms with van der Waals surface area (Å²) in [6.45, 7) is 9.30. The van der Waals surface area contributed by atoms with E-state index < -0.39 is 10.0 Å². The van der Waals surface area contributed by atoms with Gasteiger partial charge in [0.2, 0.25) is 0 Å². The van der Waals surface area contributed by atoms with E-state index in [4.69, 9.17) is 0 Å². The third-order valence-electron chi connectivity index (χ3n) is 4.08. The Morgan fingerprint density at radius 1 is 1.35 bits per heavy atom. The number of nitrogens with zero attached hydrogens (tertiary/aromatic N) is 1. The van der Waals surface area contributed by atoms with Gasteiger partial charge in [0.05, 0.1) is 0 Å². The highest BCUT2D eigenvalue weighted by molar-refractivity contribution is 7.91. The van der Waals surface area contributed by atoms with Gasteiger partial charge in [0.15, 0.2) is 0 Å². The third kappa shape index (κ3) is 3.42. The summed E-state index contributed by atoms with van der Waals surface area (Å²) in [5, 5.41) is 3.22. The van der Waals surface area contributed by atoms with E-state index in [9.17, 15) is 8.42 Å². The molecule has 1 saturated heterocycles. The Morgan fingerprint density at radius 3 is 2.75 bits per heavy atom. The molecule has 2 unspecified atom stereocenters. The SMILES string of the molecule is CCNCc1ccc(S(=O)(=O)N2CCC(C)C(C)C2)s1. The Labute approximate surface area is 126 Å². The summed E-state index contributed by atoms with van der Waals surface area (Å²) in [6.07, 6.45) is 0.954. The van der Waals surface area contributed by atoms with E-state index in [1.165, 1.54) is 11.3 Å². The van der Waals surface area contributed by atoms with Crippen LogP contribution in [0, 0.1) is 11.8 Å². The first-order valence-corrected chi connectivity index (χ1v) is 9.50. The van der Waals surface area contributed by atoms with Gasteiger partial charge in [-0.25, -0.2) is 8.42 Å². The molecule has 1 fully saturated rings. The molecule has 0 aromatic carbocycles. The zero-order valence-electron chi connectivity index (χ0n) is 12.4. The molecular weight excluding hydrogens is 292 g/mol. The van der Waals surface area contributed by atoms with Gasteiger partial charge in [-0.1, -0.05) is 20.8 Å². The van der Waals surface area contributed by atoms with Crippen LogP contribution >= 0.6 is 11.3 Å². The number of hydrogen-bond donors (Lipinski definition) is 1. The molecule has 1 aliphatic heterocycles. The number of hydrogen-bond acceptors (Lipinski definition) is 4. The van der Waals surface area contributed by atoms with E-state index in [1.807, 2.05) is 13.0 Å². The molecule has 1 N–H and O–H groups in total. The van der Waals surface area contributed by atoms with Crippen molar-refractivity contribution in [1.29, 1.82) is 0 Å². The number of thiophene rings is 1. The van der Waals surface area contributed by atoms with Crippen molar-refractivity contribution in [2.24, 2.45) is 11.8 Å². The molecule has 0 amide bonds. The highest BCUT2D eigenvalue weighted by Crippen LogP contribution is 2.30. The predicted octanol–water partition coefficient (Wildman–Crippen LogP) is 2.52. The Balaban J connectivity index is 2.12. The minimum Gasteiger partial charge on any atom is -0.312 e. The third-order valence-corrected chi connectivity index (χ3v) is 7.50. The Bertz CT molecular complexity index is 539. The van der Waals surface area contributed by atoms with E-state index in [0.717, 1.165) is 24.4 Å². The minimum atomic E-state index is -3.30. The lowest BCUT2D eigenvalue weighted by Gasteiger charge is -2.34. The average Bonchev–Trinajstić information content (AvgIpc) is 2.89. The standard InChI is InChI=1S/C14H24N2O2S2/c1-4-15-9-13-5-6-14(19-13)20(17,18)16-8-7-11(2)12(3)10-16/h5-6,11-12,15H,4,7-10H2,1-3H3. The molecule has 1 aromatic heterocycles. The maximum Gasteiger partial charge on any atom is 0.252 e. The van der Waals surface area contributed by atoms with E-state index in [2.05, 4.69) is 19.2 Å². The fourth-order valence-corrected chi connectivity index (χ4v) is 5.45. The van der Waals surface area contributed by atoms with Gasteiger partial charge >= 0.3 is 0 Å². The van der Waals surface area contributed by atoms with Crippen LogP contribution in [0.5, 0.6) is 0 Å². The molecule has 20 heavy (non-hydrogen) atoms. The van der Waals surface area contributed by atoms with E-state index in [1.54, 1.807) is 10.4 Å². The van der Waals surface area contributed by atoms with Gasteiger partial charge in [-0.2, -0.15) is 4.31 Å². The van der Waals surface area contributed by atoms with Gasteiger partial charge in [0, 0.05) is 24.5 Å². The largest absolute Gasteiger partial charge is 0.312 e. The van der Waals surface area contributed by atoms with Gasteiger partial charge in [0.25, 0.3) is 10.0 Å². The molecule has 2 heterocycles. The van der Waals surface area contributed by atoms with Crippen molar-refractivity contribution in [3.8, 4) is 0 Å². The van der Waals surface area contributed by atoms with Crippen LogP contribution in [-0.2, 0) is 16.6 Å². The second kappa shape index (κ2) is 6.56. The molecule has 0 spiro atoms. The maximum absolute atomic E-state index is 12.6. The Morgan fingerprint density at radius 2 is 2.10 bits per heavy atom. The van der Waals surface area contributed by atoms with Crippen molar-refractivity contribution in [3.05, 3.63) is 17.0 Å². The van der Waals surface area contributed by atoms with Gasteiger partial charge in [-0.05, 0) is 36.9 Å². The van der Waals surface area contributed by atoms with Gasteiger partial charge in [-0.15, -0.1) is 11.3 Å². The molecule has 6 heteroatoms. The number of nitrogens with one attached hydrogen (secondary N) is 1. The molecular formula is C14H24N2O2S2. The summed E-state index contributed by atoms with van der Waals surface area (Å²) in [6, 6.07) is 3.66. The van der Waals surface area contributed by atoms with Crippen LogP contribution in [0.3, 0.4) is 0 Å². The fraction of sp³-hybridized carbons (Fsp3) is 0.714. The van der Waals surface area contributed by atoms with Crippen LogP contribution in [0.4, 0.5) is 0 Å². The summed E-state index contributed by atoms with van der Waals surface area (Å²) >= 11 is 1.38. The highest BCUT2D eigenvalue weighted by Gasteiger charge is 2.32.